The molecule has 1 aliphatic carbocycles. The van der Waals surface area contributed by atoms with E-state index in [4.69, 9.17) is 0 Å². The van der Waals surface area contributed by atoms with Gasteiger partial charge in [-0.3, -0.25) is 0 Å². The van der Waals surface area contributed by atoms with Crippen molar-refractivity contribution in [2.24, 2.45) is 5.92 Å². The smallest absolute Gasteiger partial charge is 0.0178 e. The molecule has 1 aromatic rings. The highest BCUT2D eigenvalue weighted by Crippen LogP contribution is 2.26. The third kappa shape index (κ3) is 2.14. The molecule has 70 valence electrons. The van der Waals surface area contributed by atoms with Crippen molar-refractivity contribution in [1.82, 2.24) is 0 Å². The minimum Gasteiger partial charge on any atom is -0.0622 e. The highest BCUT2D eigenvalue weighted by molar-refractivity contribution is 9.10. The maximum atomic E-state index is 3.53. The van der Waals surface area contributed by atoms with E-state index < -0.39 is 0 Å². The van der Waals surface area contributed by atoms with Gasteiger partial charge in [-0.15, -0.1) is 0 Å². The van der Waals surface area contributed by atoms with E-state index in [2.05, 4.69) is 41.1 Å². The SMILES string of the molecule is CC1CCCc2cc(Br)ccc2C1. The number of halogens is 1. The molecule has 2 rings (SSSR count). The lowest BCUT2D eigenvalue weighted by atomic mass is 9.99. The molecule has 0 nitrogen and oxygen atoms in total. The van der Waals surface area contributed by atoms with Crippen LogP contribution in [-0.2, 0) is 12.8 Å². The van der Waals surface area contributed by atoms with Crippen molar-refractivity contribution in [3.8, 4) is 0 Å². The lowest BCUT2D eigenvalue weighted by Gasteiger charge is -2.08. The van der Waals surface area contributed by atoms with Gasteiger partial charge in [-0.2, -0.15) is 0 Å². The molecule has 0 N–H and O–H groups in total. The summed E-state index contributed by atoms with van der Waals surface area (Å²) in [5.41, 5.74) is 3.12. The van der Waals surface area contributed by atoms with Crippen molar-refractivity contribution >= 4 is 15.9 Å². The summed E-state index contributed by atoms with van der Waals surface area (Å²) < 4.78 is 1.22. The summed E-state index contributed by atoms with van der Waals surface area (Å²) in [6, 6.07) is 6.73. The average molecular weight is 239 g/mol. The molecule has 1 atom stereocenters. The Hall–Kier alpha value is -0.300. The van der Waals surface area contributed by atoms with Crippen molar-refractivity contribution in [3.63, 3.8) is 0 Å². The Morgan fingerprint density at radius 2 is 2.15 bits per heavy atom. The molecule has 0 fully saturated rings. The fraction of sp³-hybridized carbons (Fsp3) is 0.500. The van der Waals surface area contributed by atoms with Crippen molar-refractivity contribution < 1.29 is 0 Å². The molecule has 1 heteroatoms. The molecule has 1 aromatic carbocycles. The van der Waals surface area contributed by atoms with Gasteiger partial charge < -0.3 is 0 Å². The summed E-state index contributed by atoms with van der Waals surface area (Å²) in [7, 11) is 0. The van der Waals surface area contributed by atoms with E-state index in [1.807, 2.05) is 0 Å². The Morgan fingerprint density at radius 1 is 1.31 bits per heavy atom. The van der Waals surface area contributed by atoms with Gasteiger partial charge in [-0.25, -0.2) is 0 Å². The maximum Gasteiger partial charge on any atom is 0.0178 e. The number of fused-ring (bicyclic) bond motifs is 1. The lowest BCUT2D eigenvalue weighted by Crippen LogP contribution is -1.97. The topological polar surface area (TPSA) is 0 Å². The first kappa shape index (κ1) is 9.26. The Labute approximate surface area is 88.5 Å². The van der Waals surface area contributed by atoms with Gasteiger partial charge in [0.1, 0.15) is 0 Å². The predicted octanol–water partition coefficient (Wildman–Crippen LogP) is 3.96. The summed E-state index contributed by atoms with van der Waals surface area (Å²) in [5, 5.41) is 0. The van der Waals surface area contributed by atoms with E-state index in [1.54, 1.807) is 11.1 Å². The van der Waals surface area contributed by atoms with Gasteiger partial charge in [-0.05, 0) is 48.4 Å². The minimum atomic E-state index is 0.863. The molecule has 0 saturated heterocycles. The molecule has 13 heavy (non-hydrogen) atoms. The second kappa shape index (κ2) is 3.83. The van der Waals surface area contributed by atoms with E-state index in [-0.39, 0.29) is 0 Å². The monoisotopic (exact) mass is 238 g/mol. The Balaban J connectivity index is 2.34. The van der Waals surface area contributed by atoms with E-state index >= 15 is 0 Å². The molecule has 0 spiro atoms. The van der Waals surface area contributed by atoms with Crippen LogP contribution >= 0.6 is 15.9 Å². The van der Waals surface area contributed by atoms with Crippen LogP contribution in [0.2, 0.25) is 0 Å². The summed E-state index contributed by atoms with van der Waals surface area (Å²) in [5.74, 6) is 0.863. The molecule has 0 aliphatic heterocycles. The van der Waals surface area contributed by atoms with Crippen molar-refractivity contribution in [2.75, 3.05) is 0 Å². The van der Waals surface area contributed by atoms with Gasteiger partial charge in [0.05, 0.1) is 0 Å². The summed E-state index contributed by atoms with van der Waals surface area (Å²) >= 11 is 3.53. The molecule has 0 heterocycles. The second-order valence-corrected chi connectivity index (χ2v) is 5.03. The molecule has 0 aromatic heterocycles. The fourth-order valence-corrected chi connectivity index (χ4v) is 2.55. The zero-order valence-electron chi connectivity index (χ0n) is 8.02. The molecular weight excluding hydrogens is 224 g/mol. The van der Waals surface area contributed by atoms with Crippen LogP contribution in [0.15, 0.2) is 22.7 Å². The number of aryl methyl sites for hydroxylation is 1. The Bertz CT molecular complexity index is 304. The van der Waals surface area contributed by atoms with Gasteiger partial charge in [0.2, 0.25) is 0 Å². The average Bonchev–Trinajstić information content (AvgIpc) is 2.25. The molecular formula is C12H15Br. The minimum absolute atomic E-state index is 0.863. The third-order valence-electron chi connectivity index (χ3n) is 2.88. The van der Waals surface area contributed by atoms with Crippen molar-refractivity contribution in [2.45, 2.75) is 32.6 Å². The van der Waals surface area contributed by atoms with Gasteiger partial charge >= 0.3 is 0 Å². The number of hydrogen-bond acceptors (Lipinski definition) is 0. The highest BCUT2D eigenvalue weighted by atomic mass is 79.9. The van der Waals surface area contributed by atoms with Gasteiger partial charge in [0.15, 0.2) is 0 Å². The summed E-state index contributed by atoms with van der Waals surface area (Å²) in [6.07, 6.45) is 5.26. The molecule has 0 radical (unpaired) electrons. The molecule has 0 bridgehead atoms. The zero-order valence-corrected chi connectivity index (χ0v) is 9.60. The van der Waals surface area contributed by atoms with Crippen LogP contribution in [0.1, 0.15) is 30.9 Å². The molecule has 1 aliphatic rings. The number of benzene rings is 1. The van der Waals surface area contributed by atoms with Crippen LogP contribution in [0.5, 0.6) is 0 Å². The van der Waals surface area contributed by atoms with Crippen LogP contribution < -0.4 is 0 Å². The lowest BCUT2D eigenvalue weighted by molar-refractivity contribution is 0.526. The summed E-state index contributed by atoms with van der Waals surface area (Å²) in [6.45, 7) is 2.36. The first-order valence-corrected chi connectivity index (χ1v) is 5.82. The first-order chi connectivity index (χ1) is 6.25. The van der Waals surface area contributed by atoms with Crippen molar-refractivity contribution in [1.29, 1.82) is 0 Å². The zero-order chi connectivity index (χ0) is 9.26. The summed E-state index contributed by atoms with van der Waals surface area (Å²) in [4.78, 5) is 0. The van der Waals surface area contributed by atoms with E-state index in [0.29, 0.717) is 0 Å². The van der Waals surface area contributed by atoms with Gasteiger partial charge in [0.25, 0.3) is 0 Å². The molecule has 0 saturated carbocycles. The first-order valence-electron chi connectivity index (χ1n) is 5.03. The van der Waals surface area contributed by atoms with Crippen molar-refractivity contribution in [3.05, 3.63) is 33.8 Å². The van der Waals surface area contributed by atoms with Crippen LogP contribution in [0.4, 0.5) is 0 Å². The van der Waals surface area contributed by atoms with Crippen LogP contribution in [0.25, 0.3) is 0 Å². The number of hydrogen-bond donors (Lipinski definition) is 0. The second-order valence-electron chi connectivity index (χ2n) is 4.11. The quantitative estimate of drug-likeness (QED) is 0.601. The molecule has 0 amide bonds. The normalized spacial score (nSPS) is 22.2. The van der Waals surface area contributed by atoms with E-state index in [9.17, 15) is 0 Å². The van der Waals surface area contributed by atoms with Gasteiger partial charge in [0, 0.05) is 4.47 Å². The van der Waals surface area contributed by atoms with E-state index in [1.165, 1.54) is 30.2 Å². The predicted molar refractivity (Wildman–Crippen MR) is 59.9 cm³/mol. The standard InChI is InChI=1S/C12H15Br/c1-9-3-2-4-10-8-12(13)6-5-11(10)7-9/h5-6,8-9H,2-4,7H2,1H3. The van der Waals surface area contributed by atoms with E-state index in [0.717, 1.165) is 5.92 Å². The van der Waals surface area contributed by atoms with Gasteiger partial charge in [-0.1, -0.05) is 35.3 Å². The third-order valence-corrected chi connectivity index (χ3v) is 3.37. The fourth-order valence-electron chi connectivity index (χ4n) is 2.14. The molecule has 1 unspecified atom stereocenters. The van der Waals surface area contributed by atoms with Crippen LogP contribution in [0, 0.1) is 5.92 Å². The largest absolute Gasteiger partial charge is 0.0622 e. The Morgan fingerprint density at radius 3 is 3.00 bits per heavy atom. The maximum absolute atomic E-state index is 3.53. The van der Waals surface area contributed by atoms with Crippen LogP contribution in [-0.4, -0.2) is 0 Å². The Kier molecular flexibility index (Phi) is 2.73. The van der Waals surface area contributed by atoms with Crippen LogP contribution in [0.3, 0.4) is 0 Å². The number of rotatable bonds is 0. The highest BCUT2D eigenvalue weighted by Gasteiger charge is 2.12.